The van der Waals surface area contributed by atoms with Gasteiger partial charge in [0.15, 0.2) is 0 Å². The van der Waals surface area contributed by atoms with E-state index in [9.17, 15) is 8.78 Å². The Kier molecular flexibility index (Phi) is 5.45. The average Bonchev–Trinajstić information content (AvgIpc) is 3.11. The first kappa shape index (κ1) is 17.3. The summed E-state index contributed by atoms with van der Waals surface area (Å²) in [5.74, 6) is 0.103. The first-order valence-corrected chi connectivity index (χ1v) is 8.37. The van der Waals surface area contributed by atoms with E-state index in [1.807, 2.05) is 6.92 Å². The molecule has 6 nitrogen and oxygen atoms in total. The Labute approximate surface area is 140 Å². The molecule has 0 amide bonds. The van der Waals surface area contributed by atoms with Crippen molar-refractivity contribution in [1.82, 2.24) is 14.9 Å². The number of alkyl halides is 2. The zero-order valence-electron chi connectivity index (χ0n) is 13.8. The Morgan fingerprint density at radius 2 is 2.08 bits per heavy atom. The number of aromatic nitrogens is 2. The van der Waals surface area contributed by atoms with Crippen LogP contribution in [0.5, 0.6) is 11.8 Å². The summed E-state index contributed by atoms with van der Waals surface area (Å²) in [6.45, 7) is 2.20. The standard InChI is InChI=1S/C16H23F2N3O3/c1-2-22-11-16-5-3-7-21(16)12(4-6-16)10-23-13-8-20-14(9-19-13)24-15(17)18/h8-9,12,15H,2-7,10-11H2,1H3/t12-,16-/m0/s1. The third-order valence-electron chi connectivity index (χ3n) is 4.85. The first-order valence-electron chi connectivity index (χ1n) is 8.37. The highest BCUT2D eigenvalue weighted by Crippen LogP contribution is 2.42. The highest BCUT2D eigenvalue weighted by molar-refractivity contribution is 5.12. The summed E-state index contributed by atoms with van der Waals surface area (Å²) >= 11 is 0. The molecule has 0 bridgehead atoms. The van der Waals surface area contributed by atoms with Gasteiger partial charge in [-0.1, -0.05) is 0 Å². The number of hydrogen-bond donors (Lipinski definition) is 0. The van der Waals surface area contributed by atoms with Crippen molar-refractivity contribution in [3.63, 3.8) is 0 Å². The Morgan fingerprint density at radius 1 is 1.29 bits per heavy atom. The number of nitrogens with zero attached hydrogens (tertiary/aromatic N) is 3. The Morgan fingerprint density at radius 3 is 2.79 bits per heavy atom. The van der Waals surface area contributed by atoms with Crippen LogP contribution in [0, 0.1) is 0 Å². The lowest BCUT2D eigenvalue weighted by atomic mass is 9.95. The molecule has 2 fully saturated rings. The summed E-state index contributed by atoms with van der Waals surface area (Å²) in [7, 11) is 0. The molecule has 0 radical (unpaired) electrons. The fourth-order valence-electron chi connectivity index (χ4n) is 3.79. The second kappa shape index (κ2) is 7.57. The molecule has 24 heavy (non-hydrogen) atoms. The zero-order valence-corrected chi connectivity index (χ0v) is 13.8. The maximum atomic E-state index is 12.1. The molecule has 1 aromatic heterocycles. The van der Waals surface area contributed by atoms with E-state index in [2.05, 4.69) is 19.6 Å². The van der Waals surface area contributed by atoms with Gasteiger partial charge in [-0.2, -0.15) is 8.78 Å². The quantitative estimate of drug-likeness (QED) is 0.723. The lowest BCUT2D eigenvalue weighted by Crippen LogP contribution is -2.47. The molecule has 0 aromatic carbocycles. The Bertz CT molecular complexity index is 532. The predicted octanol–water partition coefficient (Wildman–Crippen LogP) is 2.49. The van der Waals surface area contributed by atoms with Gasteiger partial charge in [0.25, 0.3) is 0 Å². The Balaban J connectivity index is 1.53. The van der Waals surface area contributed by atoms with Gasteiger partial charge < -0.3 is 14.2 Å². The van der Waals surface area contributed by atoms with E-state index in [0.29, 0.717) is 18.5 Å². The second-order valence-electron chi connectivity index (χ2n) is 6.23. The maximum Gasteiger partial charge on any atom is 0.388 e. The third-order valence-corrected chi connectivity index (χ3v) is 4.85. The van der Waals surface area contributed by atoms with Gasteiger partial charge in [0.1, 0.15) is 6.61 Å². The molecule has 3 rings (SSSR count). The molecule has 2 atom stereocenters. The summed E-state index contributed by atoms with van der Waals surface area (Å²) in [5.41, 5.74) is 0.157. The van der Waals surface area contributed by atoms with Gasteiger partial charge in [-0.05, 0) is 39.2 Å². The first-order chi connectivity index (χ1) is 11.6. The SMILES string of the molecule is CCOC[C@@]12CCCN1[C@H](COc1cnc(OC(F)F)cn1)CC2. The average molecular weight is 343 g/mol. The van der Waals surface area contributed by atoms with E-state index in [4.69, 9.17) is 9.47 Å². The van der Waals surface area contributed by atoms with Gasteiger partial charge in [0.2, 0.25) is 11.8 Å². The number of halogens is 2. The van der Waals surface area contributed by atoms with Gasteiger partial charge in [-0.25, -0.2) is 9.97 Å². The molecule has 8 heteroatoms. The highest BCUT2D eigenvalue weighted by atomic mass is 19.3. The van der Waals surface area contributed by atoms with E-state index >= 15 is 0 Å². The van der Waals surface area contributed by atoms with Gasteiger partial charge in [0, 0.05) is 18.2 Å². The smallest absolute Gasteiger partial charge is 0.388 e. The lowest BCUT2D eigenvalue weighted by Gasteiger charge is -2.34. The van der Waals surface area contributed by atoms with Crippen LogP contribution in [0.2, 0.25) is 0 Å². The summed E-state index contributed by atoms with van der Waals surface area (Å²) in [4.78, 5) is 10.2. The molecule has 0 saturated carbocycles. The van der Waals surface area contributed by atoms with Crippen LogP contribution in [-0.4, -0.2) is 59.4 Å². The number of hydrogen-bond acceptors (Lipinski definition) is 6. The molecule has 3 heterocycles. The van der Waals surface area contributed by atoms with Gasteiger partial charge in [0.05, 0.1) is 19.0 Å². The van der Waals surface area contributed by atoms with Crippen molar-refractivity contribution in [3.05, 3.63) is 12.4 Å². The van der Waals surface area contributed by atoms with Crippen LogP contribution in [-0.2, 0) is 4.74 Å². The molecule has 0 N–H and O–H groups in total. The second-order valence-corrected chi connectivity index (χ2v) is 6.23. The summed E-state index contributed by atoms with van der Waals surface area (Å²) in [6, 6.07) is 0.326. The van der Waals surface area contributed by atoms with Gasteiger partial charge in [-0.15, -0.1) is 0 Å². The molecule has 134 valence electrons. The van der Waals surface area contributed by atoms with E-state index in [1.165, 1.54) is 19.0 Å². The largest absolute Gasteiger partial charge is 0.475 e. The zero-order chi connectivity index (χ0) is 17.0. The maximum absolute atomic E-state index is 12.1. The van der Waals surface area contributed by atoms with E-state index in [0.717, 1.165) is 38.8 Å². The van der Waals surface area contributed by atoms with Crippen molar-refractivity contribution in [1.29, 1.82) is 0 Å². The van der Waals surface area contributed by atoms with Gasteiger partial charge >= 0.3 is 6.61 Å². The van der Waals surface area contributed by atoms with Crippen LogP contribution >= 0.6 is 0 Å². The van der Waals surface area contributed by atoms with Crippen molar-refractivity contribution >= 4 is 0 Å². The molecule has 2 aliphatic heterocycles. The molecule has 0 spiro atoms. The van der Waals surface area contributed by atoms with Gasteiger partial charge in [-0.3, -0.25) is 4.90 Å². The van der Waals surface area contributed by atoms with Crippen LogP contribution in [0.15, 0.2) is 12.4 Å². The molecule has 2 saturated heterocycles. The van der Waals surface area contributed by atoms with Crippen molar-refractivity contribution in [2.75, 3.05) is 26.4 Å². The molecule has 0 unspecified atom stereocenters. The van der Waals surface area contributed by atoms with Crippen molar-refractivity contribution in [3.8, 4) is 11.8 Å². The molecule has 1 aromatic rings. The molecular formula is C16H23F2N3O3. The summed E-state index contributed by atoms with van der Waals surface area (Å²) in [5, 5.41) is 0. The third kappa shape index (κ3) is 3.75. The fraction of sp³-hybridized carbons (Fsp3) is 0.750. The van der Waals surface area contributed by atoms with Crippen LogP contribution in [0.3, 0.4) is 0 Å². The van der Waals surface area contributed by atoms with E-state index in [-0.39, 0.29) is 11.4 Å². The normalized spacial score (nSPS) is 26.8. The van der Waals surface area contributed by atoms with Crippen LogP contribution in [0.1, 0.15) is 32.6 Å². The molecule has 0 aliphatic carbocycles. The van der Waals surface area contributed by atoms with E-state index in [1.54, 1.807) is 0 Å². The predicted molar refractivity (Wildman–Crippen MR) is 82.3 cm³/mol. The van der Waals surface area contributed by atoms with Crippen molar-refractivity contribution < 1.29 is 23.0 Å². The summed E-state index contributed by atoms with van der Waals surface area (Å²) in [6.07, 6.45) is 6.99. The number of fused-ring (bicyclic) bond motifs is 1. The number of rotatable bonds is 8. The summed E-state index contributed by atoms with van der Waals surface area (Å²) < 4.78 is 39.7. The minimum atomic E-state index is -2.90. The lowest BCUT2D eigenvalue weighted by molar-refractivity contribution is -0.0532. The van der Waals surface area contributed by atoms with Crippen LogP contribution < -0.4 is 9.47 Å². The molecule has 2 aliphatic rings. The number of ether oxygens (including phenoxy) is 3. The van der Waals surface area contributed by atoms with Crippen molar-refractivity contribution in [2.45, 2.75) is 50.8 Å². The van der Waals surface area contributed by atoms with E-state index < -0.39 is 6.61 Å². The molecular weight excluding hydrogens is 320 g/mol. The highest BCUT2D eigenvalue weighted by Gasteiger charge is 2.49. The monoisotopic (exact) mass is 343 g/mol. The Hall–Kier alpha value is -1.54. The van der Waals surface area contributed by atoms with Crippen molar-refractivity contribution in [2.24, 2.45) is 0 Å². The minimum absolute atomic E-state index is 0.157. The van der Waals surface area contributed by atoms with Crippen LogP contribution in [0.4, 0.5) is 8.78 Å². The minimum Gasteiger partial charge on any atom is -0.475 e. The topological polar surface area (TPSA) is 56.7 Å². The fourth-order valence-corrected chi connectivity index (χ4v) is 3.79. The van der Waals surface area contributed by atoms with Crippen LogP contribution in [0.25, 0.3) is 0 Å².